The van der Waals surface area contributed by atoms with Gasteiger partial charge in [0, 0.05) is 0 Å². The van der Waals surface area contributed by atoms with Crippen molar-refractivity contribution in [3.63, 3.8) is 0 Å². The summed E-state index contributed by atoms with van der Waals surface area (Å²) in [7, 11) is 0. The number of hydrogen-bond donors (Lipinski definition) is 0. The maximum absolute atomic E-state index is 2.34. The van der Waals surface area contributed by atoms with Gasteiger partial charge >= 0.3 is 0 Å². The van der Waals surface area contributed by atoms with Gasteiger partial charge in [0.1, 0.15) is 0 Å². The summed E-state index contributed by atoms with van der Waals surface area (Å²) in [5, 5.41) is 8.14. The van der Waals surface area contributed by atoms with Crippen LogP contribution in [0.4, 0.5) is 0 Å². The minimum Gasteiger partial charge on any atom is -0.0791 e. The van der Waals surface area contributed by atoms with E-state index in [2.05, 4.69) is 74.5 Å². The fourth-order valence-electron chi connectivity index (χ4n) is 2.93. The number of benzene rings is 3. The summed E-state index contributed by atoms with van der Waals surface area (Å²) >= 11 is 0. The summed E-state index contributed by atoms with van der Waals surface area (Å²) in [4.78, 5) is 0. The molecule has 0 bridgehead atoms. The van der Waals surface area contributed by atoms with E-state index in [0.717, 1.165) is 6.42 Å². The molecule has 0 aromatic heterocycles. The smallest absolute Gasteiger partial charge is 0.00991 e. The molecule has 102 valence electrons. The average molecular weight is 262 g/mol. The van der Waals surface area contributed by atoms with E-state index in [4.69, 9.17) is 0 Å². The molecule has 0 heterocycles. The summed E-state index contributed by atoms with van der Waals surface area (Å²) in [5.41, 5.74) is 0. The van der Waals surface area contributed by atoms with Gasteiger partial charge in [-0.3, -0.25) is 0 Å². The maximum Gasteiger partial charge on any atom is -0.00991 e. The zero-order valence-electron chi connectivity index (χ0n) is 11.5. The van der Waals surface area contributed by atoms with Crippen LogP contribution in [-0.2, 0) is 0 Å². The van der Waals surface area contributed by atoms with Gasteiger partial charge in [0.15, 0.2) is 0 Å². The molecule has 0 saturated carbocycles. The van der Waals surface area contributed by atoms with Crippen LogP contribution in [-0.4, -0.2) is 0 Å². The average Bonchev–Trinajstić information content (AvgIpc) is 2.48. The highest BCUT2D eigenvalue weighted by Gasteiger charge is 2.03. The summed E-state index contributed by atoms with van der Waals surface area (Å²) in [6.45, 7) is 4.33. The van der Waals surface area contributed by atoms with Gasteiger partial charge in [0.2, 0.25) is 0 Å². The van der Waals surface area contributed by atoms with E-state index in [1.807, 2.05) is 0 Å². The van der Waals surface area contributed by atoms with Crippen LogP contribution in [0.15, 0.2) is 48.5 Å². The molecule has 3 rings (SSSR count). The van der Waals surface area contributed by atoms with Crippen LogP contribution in [0.25, 0.3) is 33.7 Å². The van der Waals surface area contributed by atoms with Gasteiger partial charge in [-0.1, -0.05) is 75.0 Å². The van der Waals surface area contributed by atoms with E-state index >= 15 is 0 Å². The van der Waals surface area contributed by atoms with Gasteiger partial charge in [-0.25, -0.2) is 0 Å². The van der Waals surface area contributed by atoms with Crippen LogP contribution < -0.4 is 10.4 Å². The van der Waals surface area contributed by atoms with Crippen LogP contribution in [0.1, 0.15) is 27.7 Å². The Morgan fingerprint density at radius 2 is 1.20 bits per heavy atom. The van der Waals surface area contributed by atoms with E-state index in [1.165, 1.54) is 32.0 Å². The normalized spacial score (nSPS) is 12.9. The number of fused-ring (bicyclic) bond motifs is 3. The Labute approximate surface area is 121 Å². The lowest BCUT2D eigenvalue weighted by Crippen LogP contribution is -2.26. The zero-order valence-corrected chi connectivity index (χ0v) is 11.5. The summed E-state index contributed by atoms with van der Waals surface area (Å²) < 4.78 is 0. The van der Waals surface area contributed by atoms with E-state index in [0.29, 0.717) is 0 Å². The highest BCUT2D eigenvalue weighted by Crippen LogP contribution is 2.19. The number of rotatable bonds is 1. The molecular weight excluding hydrogens is 240 g/mol. The van der Waals surface area contributed by atoms with Crippen molar-refractivity contribution >= 4 is 33.7 Å². The van der Waals surface area contributed by atoms with Crippen LogP contribution in [0.2, 0.25) is 0 Å². The lowest BCUT2D eigenvalue weighted by atomic mass is 9.97. The van der Waals surface area contributed by atoms with Crippen molar-refractivity contribution in [2.75, 3.05) is 0 Å². The van der Waals surface area contributed by atoms with Gasteiger partial charge in [-0.05, 0) is 45.3 Å². The minimum absolute atomic E-state index is 0. The molecule has 0 aliphatic carbocycles. The van der Waals surface area contributed by atoms with Crippen LogP contribution in [0.5, 0.6) is 0 Å². The third-order valence-corrected chi connectivity index (χ3v) is 3.71. The highest BCUT2D eigenvalue weighted by atomic mass is 14.1. The molecule has 0 amide bonds. The lowest BCUT2D eigenvalue weighted by Gasteiger charge is -2.07. The molecule has 0 N–H and O–H groups in total. The molecule has 0 aliphatic heterocycles. The molecule has 0 aliphatic rings. The van der Waals surface area contributed by atoms with E-state index in [-0.39, 0.29) is 7.43 Å². The van der Waals surface area contributed by atoms with Crippen LogP contribution in [0.3, 0.4) is 0 Å². The predicted octanol–water partition coefficient (Wildman–Crippen LogP) is 4.62. The van der Waals surface area contributed by atoms with Crippen molar-refractivity contribution in [3.05, 3.63) is 59.0 Å². The summed E-state index contributed by atoms with van der Waals surface area (Å²) in [6, 6.07) is 17.4. The van der Waals surface area contributed by atoms with Gasteiger partial charge in [-0.15, -0.1) is 0 Å². The van der Waals surface area contributed by atoms with Crippen LogP contribution >= 0.6 is 0 Å². The van der Waals surface area contributed by atoms with E-state index in [9.17, 15) is 0 Å². The van der Waals surface area contributed by atoms with Crippen molar-refractivity contribution in [2.45, 2.75) is 27.7 Å². The molecule has 0 nitrogen and oxygen atoms in total. The number of hydrogen-bond acceptors (Lipinski definition) is 0. The Hall–Kier alpha value is -2.08. The van der Waals surface area contributed by atoms with Crippen molar-refractivity contribution in [2.24, 2.45) is 0 Å². The van der Waals surface area contributed by atoms with Crippen LogP contribution in [0, 0.1) is 0 Å². The molecular formula is C20H22. The lowest BCUT2D eigenvalue weighted by molar-refractivity contribution is 1.29. The first-order valence-electron chi connectivity index (χ1n) is 6.92. The van der Waals surface area contributed by atoms with E-state index in [1.54, 1.807) is 0 Å². The maximum atomic E-state index is 2.34. The first-order valence-corrected chi connectivity index (χ1v) is 6.92. The first kappa shape index (κ1) is 14.3. The fraction of sp³-hybridized carbons (Fsp3) is 0.200. The van der Waals surface area contributed by atoms with E-state index < -0.39 is 0 Å². The van der Waals surface area contributed by atoms with Crippen molar-refractivity contribution in [1.82, 2.24) is 0 Å². The van der Waals surface area contributed by atoms with Crippen molar-refractivity contribution < 1.29 is 0 Å². The Bertz CT molecular complexity index is 854. The monoisotopic (exact) mass is 262 g/mol. The van der Waals surface area contributed by atoms with Gasteiger partial charge in [0.05, 0.1) is 0 Å². The fourth-order valence-corrected chi connectivity index (χ4v) is 2.93. The molecule has 3 aromatic rings. The summed E-state index contributed by atoms with van der Waals surface area (Å²) in [5.74, 6) is 0. The quantitative estimate of drug-likeness (QED) is 0.561. The third kappa shape index (κ3) is 2.12. The Morgan fingerprint density at radius 3 is 1.65 bits per heavy atom. The summed E-state index contributed by atoms with van der Waals surface area (Å²) in [6.07, 6.45) is 5.63. The molecule has 0 unspecified atom stereocenters. The molecule has 3 aromatic carbocycles. The second-order valence-corrected chi connectivity index (χ2v) is 4.82. The Morgan fingerprint density at radius 1 is 0.750 bits per heavy atom. The molecule has 0 spiro atoms. The van der Waals surface area contributed by atoms with Crippen molar-refractivity contribution in [3.8, 4) is 0 Å². The Kier molecular flexibility index (Phi) is 4.24. The highest BCUT2D eigenvalue weighted by molar-refractivity contribution is 6.08. The van der Waals surface area contributed by atoms with Gasteiger partial charge < -0.3 is 0 Å². The second kappa shape index (κ2) is 5.92. The molecule has 20 heavy (non-hydrogen) atoms. The third-order valence-electron chi connectivity index (χ3n) is 3.71. The van der Waals surface area contributed by atoms with Gasteiger partial charge in [-0.2, -0.15) is 0 Å². The molecule has 0 heteroatoms. The zero-order chi connectivity index (χ0) is 13.2. The predicted molar refractivity (Wildman–Crippen MR) is 92.3 cm³/mol. The van der Waals surface area contributed by atoms with Gasteiger partial charge in [0.25, 0.3) is 0 Å². The first-order chi connectivity index (χ1) is 9.36. The largest absolute Gasteiger partial charge is 0.0791 e. The molecule has 0 atom stereocenters. The molecule has 0 fully saturated rings. The second-order valence-electron chi connectivity index (χ2n) is 4.82. The molecule has 0 saturated heterocycles. The molecule has 0 radical (unpaired) electrons. The standard InChI is InChI=1S/C19H18.CH4/c1-3-9-15-14(4-2)16-10-5-6-12-18(16)19-13-8-7-11-17(15)19;/h4-13H,3H2,1-2H3;1H4/b14-4+,15-9+;. The van der Waals surface area contributed by atoms with Crippen molar-refractivity contribution in [1.29, 1.82) is 0 Å². The minimum atomic E-state index is 0. The topological polar surface area (TPSA) is 0 Å². The SMILES string of the molecule is C.C/C=c1\c(=C/CC)c2ccccc2c2ccccc12. The Balaban J connectivity index is 0.00000147.